The Bertz CT molecular complexity index is 1130. The molecule has 1 saturated heterocycles. The van der Waals surface area contributed by atoms with Gasteiger partial charge in [0.05, 0.1) is 18.3 Å². The molecule has 12 heteroatoms. The molecular weight excluding hydrogens is 470 g/mol. The van der Waals surface area contributed by atoms with Gasteiger partial charge in [0.15, 0.2) is 11.5 Å². The predicted molar refractivity (Wildman–Crippen MR) is 116 cm³/mol. The molecule has 4 rings (SSSR count). The number of nitrogens with zero attached hydrogens (tertiary/aromatic N) is 4. The van der Waals surface area contributed by atoms with Crippen molar-refractivity contribution < 1.29 is 31.9 Å². The zero-order valence-corrected chi connectivity index (χ0v) is 19.0. The van der Waals surface area contributed by atoms with Gasteiger partial charge in [-0.3, -0.25) is 9.59 Å². The van der Waals surface area contributed by atoms with Crippen molar-refractivity contribution in [3.63, 3.8) is 0 Å². The molecule has 2 aliphatic rings. The van der Waals surface area contributed by atoms with E-state index in [1.807, 2.05) is 6.92 Å². The van der Waals surface area contributed by atoms with Crippen molar-refractivity contribution in [3.05, 3.63) is 47.0 Å². The molecule has 2 atom stereocenters. The minimum absolute atomic E-state index is 0.0420. The van der Waals surface area contributed by atoms with Gasteiger partial charge in [0, 0.05) is 43.2 Å². The van der Waals surface area contributed by atoms with Crippen molar-refractivity contribution in [2.45, 2.75) is 44.6 Å². The lowest BCUT2D eigenvalue weighted by molar-refractivity contribution is -0.148. The number of aromatic nitrogens is 2. The van der Waals surface area contributed by atoms with Crippen LogP contribution in [0.2, 0.25) is 0 Å². The number of benzene rings is 1. The SMILES string of the molecule is C[C@H]1CN(C[C@@H](N)CC(=O)N2CCc3c(nc(-c4cccc(F)c4)nc3C(F)(F)F)C2)C(=O)CO1. The molecule has 35 heavy (non-hydrogen) atoms. The highest BCUT2D eigenvalue weighted by molar-refractivity contribution is 5.79. The maximum atomic E-state index is 13.8. The molecule has 8 nitrogen and oxygen atoms in total. The van der Waals surface area contributed by atoms with Crippen molar-refractivity contribution in [2.24, 2.45) is 5.73 Å². The lowest BCUT2D eigenvalue weighted by Gasteiger charge is -2.34. The van der Waals surface area contributed by atoms with Crippen LogP contribution in [0.1, 0.15) is 30.3 Å². The molecule has 188 valence electrons. The fourth-order valence-electron chi connectivity index (χ4n) is 4.28. The van der Waals surface area contributed by atoms with Crippen LogP contribution in [-0.2, 0) is 33.5 Å². The van der Waals surface area contributed by atoms with Crippen LogP contribution < -0.4 is 5.73 Å². The molecule has 3 heterocycles. The van der Waals surface area contributed by atoms with Gasteiger partial charge in [-0.25, -0.2) is 14.4 Å². The first-order valence-corrected chi connectivity index (χ1v) is 11.2. The van der Waals surface area contributed by atoms with Crippen molar-refractivity contribution in [1.29, 1.82) is 0 Å². The third kappa shape index (κ3) is 5.76. The molecule has 0 radical (unpaired) electrons. The normalized spacial score (nSPS) is 19.5. The Morgan fingerprint density at radius 3 is 2.80 bits per heavy atom. The van der Waals surface area contributed by atoms with Gasteiger partial charge in [-0.2, -0.15) is 13.2 Å². The molecule has 0 spiro atoms. The van der Waals surface area contributed by atoms with E-state index in [1.54, 1.807) is 4.90 Å². The number of alkyl halides is 3. The van der Waals surface area contributed by atoms with Gasteiger partial charge in [0.25, 0.3) is 0 Å². The largest absolute Gasteiger partial charge is 0.433 e. The molecule has 0 bridgehead atoms. The second-order valence-corrected chi connectivity index (χ2v) is 8.78. The standard InChI is InChI=1S/C23H25F4N5O3/c1-13-9-32(20(34)12-35-13)10-16(28)8-19(33)31-6-5-17-18(11-31)29-22(30-21(17)23(25,26)27)14-3-2-4-15(24)7-14/h2-4,7,13,16H,5-6,8-12,28H2,1H3/t13-,16-/m0/s1. The fourth-order valence-corrected chi connectivity index (χ4v) is 4.28. The number of fused-ring (bicyclic) bond motifs is 1. The van der Waals surface area contributed by atoms with Crippen LogP contribution >= 0.6 is 0 Å². The average molecular weight is 495 g/mol. The van der Waals surface area contributed by atoms with E-state index in [0.29, 0.717) is 6.54 Å². The Balaban J connectivity index is 1.51. The van der Waals surface area contributed by atoms with E-state index < -0.39 is 23.7 Å². The quantitative estimate of drug-likeness (QED) is 0.638. The van der Waals surface area contributed by atoms with Crippen molar-refractivity contribution >= 4 is 11.8 Å². The predicted octanol–water partition coefficient (Wildman–Crippen LogP) is 2.15. The Kier molecular flexibility index (Phi) is 7.04. The second-order valence-electron chi connectivity index (χ2n) is 8.78. The highest BCUT2D eigenvalue weighted by Gasteiger charge is 2.39. The smallest absolute Gasteiger partial charge is 0.367 e. The van der Waals surface area contributed by atoms with Gasteiger partial charge in [0.1, 0.15) is 12.4 Å². The van der Waals surface area contributed by atoms with E-state index in [0.717, 1.165) is 6.07 Å². The maximum Gasteiger partial charge on any atom is 0.433 e. The highest BCUT2D eigenvalue weighted by Crippen LogP contribution is 2.35. The average Bonchev–Trinajstić information content (AvgIpc) is 2.79. The third-order valence-corrected chi connectivity index (χ3v) is 5.98. The number of rotatable bonds is 5. The van der Waals surface area contributed by atoms with Gasteiger partial charge in [-0.05, 0) is 25.5 Å². The topological polar surface area (TPSA) is 102 Å². The summed E-state index contributed by atoms with van der Waals surface area (Å²) in [6, 6.07) is 4.36. The van der Waals surface area contributed by atoms with Crippen LogP contribution in [0.25, 0.3) is 11.4 Å². The van der Waals surface area contributed by atoms with Gasteiger partial charge in [-0.15, -0.1) is 0 Å². The lowest BCUT2D eigenvalue weighted by atomic mass is 10.0. The van der Waals surface area contributed by atoms with Crippen LogP contribution in [0.4, 0.5) is 17.6 Å². The number of carbonyl (C=O) groups is 2. The second kappa shape index (κ2) is 9.86. The molecular formula is C23H25F4N5O3. The molecule has 0 unspecified atom stereocenters. The lowest BCUT2D eigenvalue weighted by Crippen LogP contribution is -2.51. The number of morpholine rings is 1. The summed E-state index contributed by atoms with van der Waals surface area (Å²) in [6.07, 6.45) is -5.02. The van der Waals surface area contributed by atoms with Crippen LogP contribution in [0.5, 0.6) is 0 Å². The monoisotopic (exact) mass is 495 g/mol. The Labute approximate surface area is 199 Å². The van der Waals surface area contributed by atoms with E-state index in [1.165, 1.54) is 23.1 Å². The molecule has 1 fully saturated rings. The number of carbonyl (C=O) groups excluding carboxylic acids is 2. The van der Waals surface area contributed by atoms with Gasteiger partial charge in [-0.1, -0.05) is 12.1 Å². The van der Waals surface area contributed by atoms with Gasteiger partial charge >= 0.3 is 6.18 Å². The zero-order chi connectivity index (χ0) is 25.3. The summed E-state index contributed by atoms with van der Waals surface area (Å²) in [4.78, 5) is 35.8. The summed E-state index contributed by atoms with van der Waals surface area (Å²) < 4.78 is 60.2. The summed E-state index contributed by atoms with van der Waals surface area (Å²) in [6.45, 7) is 2.24. The Hall–Kier alpha value is -3.12. The molecule has 0 saturated carbocycles. The van der Waals surface area contributed by atoms with Crippen molar-refractivity contribution in [3.8, 4) is 11.4 Å². The van der Waals surface area contributed by atoms with Crippen molar-refractivity contribution in [1.82, 2.24) is 19.8 Å². The van der Waals surface area contributed by atoms with Crippen LogP contribution in [0.15, 0.2) is 24.3 Å². The first-order chi connectivity index (χ1) is 16.5. The van der Waals surface area contributed by atoms with Crippen molar-refractivity contribution in [2.75, 3.05) is 26.2 Å². The molecule has 2 aliphatic heterocycles. The molecule has 2 amide bonds. The van der Waals surface area contributed by atoms with Gasteiger partial charge < -0.3 is 20.3 Å². The van der Waals surface area contributed by atoms with E-state index in [9.17, 15) is 27.2 Å². The van der Waals surface area contributed by atoms with E-state index in [2.05, 4.69) is 9.97 Å². The Morgan fingerprint density at radius 2 is 2.09 bits per heavy atom. The number of nitrogens with two attached hydrogens (primary N) is 1. The van der Waals surface area contributed by atoms with Crippen LogP contribution in [0, 0.1) is 5.82 Å². The minimum Gasteiger partial charge on any atom is -0.367 e. The number of ether oxygens (including phenoxy) is 1. The first kappa shape index (κ1) is 25.0. The molecule has 2 aromatic rings. The van der Waals surface area contributed by atoms with Crippen LogP contribution in [-0.4, -0.2) is 70.0 Å². The summed E-state index contributed by atoms with van der Waals surface area (Å²) >= 11 is 0. The summed E-state index contributed by atoms with van der Waals surface area (Å²) in [5.41, 5.74) is 5.14. The number of amides is 2. The van der Waals surface area contributed by atoms with E-state index >= 15 is 0 Å². The van der Waals surface area contributed by atoms with E-state index in [-0.39, 0.29) is 79.6 Å². The van der Waals surface area contributed by atoms with Gasteiger partial charge in [0.2, 0.25) is 11.8 Å². The minimum atomic E-state index is -4.73. The molecule has 2 N–H and O–H groups in total. The molecule has 1 aromatic carbocycles. The highest BCUT2D eigenvalue weighted by atomic mass is 19.4. The molecule has 1 aromatic heterocycles. The zero-order valence-electron chi connectivity index (χ0n) is 19.0. The molecule has 0 aliphatic carbocycles. The Morgan fingerprint density at radius 1 is 1.31 bits per heavy atom. The van der Waals surface area contributed by atoms with E-state index in [4.69, 9.17) is 10.5 Å². The fraction of sp³-hybridized carbons (Fsp3) is 0.478. The van der Waals surface area contributed by atoms with Crippen LogP contribution in [0.3, 0.4) is 0 Å². The number of hydrogen-bond donors (Lipinski definition) is 1. The summed E-state index contributed by atoms with van der Waals surface area (Å²) in [5, 5.41) is 0. The number of hydrogen-bond acceptors (Lipinski definition) is 6. The number of halogens is 4. The summed E-state index contributed by atoms with van der Waals surface area (Å²) in [7, 11) is 0. The third-order valence-electron chi connectivity index (χ3n) is 5.98. The maximum absolute atomic E-state index is 13.8. The summed E-state index contributed by atoms with van der Waals surface area (Å²) in [5.74, 6) is -1.45. The first-order valence-electron chi connectivity index (χ1n) is 11.2.